The van der Waals surface area contributed by atoms with Crippen LogP contribution in [-0.2, 0) is 0 Å². The number of hydrogen-bond acceptors (Lipinski definition) is 0. The van der Waals surface area contributed by atoms with Crippen molar-refractivity contribution in [1.29, 1.82) is 0 Å². The van der Waals surface area contributed by atoms with E-state index in [1.807, 2.05) is 0 Å². The van der Waals surface area contributed by atoms with E-state index in [4.69, 9.17) is 0 Å². The minimum atomic E-state index is 0.506. The summed E-state index contributed by atoms with van der Waals surface area (Å²) in [5.41, 5.74) is 3.86. The number of allylic oxidation sites excluding steroid dienone is 1. The molecule has 0 saturated heterocycles. The van der Waals surface area contributed by atoms with Crippen molar-refractivity contribution in [3.05, 3.63) is 17.9 Å². The van der Waals surface area contributed by atoms with Gasteiger partial charge in [-0.1, -0.05) is 79.1 Å². The van der Waals surface area contributed by atoms with Gasteiger partial charge in [0.25, 0.3) is 0 Å². The third-order valence-electron chi connectivity index (χ3n) is 3.96. The lowest BCUT2D eigenvalue weighted by atomic mass is 9.89. The van der Waals surface area contributed by atoms with Crippen LogP contribution >= 0.6 is 0 Å². The normalized spacial score (nSPS) is 11.2. The molecule has 0 aliphatic heterocycles. The standard InChI is InChI=1S/C21H40/c1-5-6-7-8-9-10-11-12-13-14-15-16-17-18-19-20-21(2,3)4/h13,15H,5-12,16-20H2,1-4H3. The minimum Gasteiger partial charge on any atom is -0.130 e. The Morgan fingerprint density at radius 2 is 1.14 bits per heavy atom. The largest absolute Gasteiger partial charge is 0.130 e. The first-order valence-electron chi connectivity index (χ1n) is 9.45. The van der Waals surface area contributed by atoms with Gasteiger partial charge in [-0.15, -0.1) is 5.73 Å². The molecule has 0 aromatic heterocycles. The van der Waals surface area contributed by atoms with Gasteiger partial charge in [0.05, 0.1) is 0 Å². The highest BCUT2D eigenvalue weighted by Crippen LogP contribution is 2.22. The van der Waals surface area contributed by atoms with Crippen LogP contribution in [-0.4, -0.2) is 0 Å². The van der Waals surface area contributed by atoms with Crippen LogP contribution in [0.3, 0.4) is 0 Å². The molecule has 0 heteroatoms. The predicted molar refractivity (Wildman–Crippen MR) is 97.8 cm³/mol. The van der Waals surface area contributed by atoms with Crippen LogP contribution in [0.2, 0.25) is 0 Å². The molecule has 0 spiro atoms. The van der Waals surface area contributed by atoms with Crippen LogP contribution in [0.4, 0.5) is 0 Å². The Balaban J connectivity index is 3.26. The van der Waals surface area contributed by atoms with E-state index in [1.165, 1.54) is 83.5 Å². The van der Waals surface area contributed by atoms with Gasteiger partial charge in [-0.2, -0.15) is 0 Å². The molecule has 0 amide bonds. The van der Waals surface area contributed by atoms with Gasteiger partial charge in [0.15, 0.2) is 0 Å². The molecule has 0 bridgehead atoms. The highest BCUT2D eigenvalue weighted by molar-refractivity contribution is 4.84. The maximum Gasteiger partial charge on any atom is -0.0274 e. The van der Waals surface area contributed by atoms with E-state index in [0.717, 1.165) is 0 Å². The molecule has 0 N–H and O–H groups in total. The maximum absolute atomic E-state index is 3.35. The first-order chi connectivity index (χ1) is 10.1. The van der Waals surface area contributed by atoms with Gasteiger partial charge >= 0.3 is 0 Å². The molecule has 124 valence electrons. The smallest absolute Gasteiger partial charge is 0.0274 e. The molecule has 21 heavy (non-hydrogen) atoms. The molecular formula is C21H40. The predicted octanol–water partition coefficient (Wildman–Crippen LogP) is 7.84. The van der Waals surface area contributed by atoms with Crippen LogP contribution in [0.25, 0.3) is 0 Å². The van der Waals surface area contributed by atoms with Crippen molar-refractivity contribution in [1.82, 2.24) is 0 Å². The summed E-state index contributed by atoms with van der Waals surface area (Å²) in [5, 5.41) is 0. The van der Waals surface area contributed by atoms with E-state index < -0.39 is 0 Å². The summed E-state index contributed by atoms with van der Waals surface area (Å²) in [5.74, 6) is 0. The molecule has 0 heterocycles. The first kappa shape index (κ1) is 20.5. The van der Waals surface area contributed by atoms with Crippen LogP contribution in [0.15, 0.2) is 17.9 Å². The molecule has 0 fully saturated rings. The fraction of sp³-hybridized carbons (Fsp3) is 0.857. The summed E-state index contributed by atoms with van der Waals surface area (Å²) in [6.45, 7) is 9.28. The number of unbranched alkanes of at least 4 members (excludes halogenated alkanes) is 10. The second-order valence-electron chi connectivity index (χ2n) is 7.64. The molecule has 0 aliphatic carbocycles. The van der Waals surface area contributed by atoms with Crippen molar-refractivity contribution < 1.29 is 0 Å². The summed E-state index contributed by atoms with van der Waals surface area (Å²) in [6, 6.07) is 0. The van der Waals surface area contributed by atoms with E-state index in [-0.39, 0.29) is 0 Å². The van der Waals surface area contributed by atoms with Gasteiger partial charge in [0, 0.05) is 0 Å². The Labute approximate surface area is 135 Å². The van der Waals surface area contributed by atoms with Gasteiger partial charge < -0.3 is 0 Å². The molecule has 0 rings (SSSR count). The number of rotatable bonds is 13. The van der Waals surface area contributed by atoms with Crippen molar-refractivity contribution >= 4 is 0 Å². The summed E-state index contributed by atoms with van der Waals surface area (Å²) in [4.78, 5) is 0. The Hall–Kier alpha value is -0.480. The second-order valence-corrected chi connectivity index (χ2v) is 7.64. The number of hydrogen-bond donors (Lipinski definition) is 0. The lowest BCUT2D eigenvalue weighted by Gasteiger charge is -2.17. The maximum atomic E-state index is 3.35. The Bertz CT molecular complexity index is 260. The molecule has 0 saturated carbocycles. The van der Waals surface area contributed by atoms with Gasteiger partial charge in [0.1, 0.15) is 0 Å². The van der Waals surface area contributed by atoms with Crippen molar-refractivity contribution in [2.45, 2.75) is 111 Å². The third kappa shape index (κ3) is 19.5. The van der Waals surface area contributed by atoms with E-state index in [9.17, 15) is 0 Å². The zero-order chi connectivity index (χ0) is 15.8. The Morgan fingerprint density at radius 3 is 1.67 bits per heavy atom. The summed E-state index contributed by atoms with van der Waals surface area (Å²) < 4.78 is 0. The molecular weight excluding hydrogens is 252 g/mol. The summed E-state index contributed by atoms with van der Waals surface area (Å²) in [6.07, 6.45) is 22.1. The van der Waals surface area contributed by atoms with Crippen LogP contribution in [0, 0.1) is 5.41 Å². The van der Waals surface area contributed by atoms with E-state index in [2.05, 4.69) is 45.6 Å². The van der Waals surface area contributed by atoms with Gasteiger partial charge in [-0.3, -0.25) is 0 Å². The quantitative estimate of drug-likeness (QED) is 0.239. The molecule has 0 aromatic rings. The van der Waals surface area contributed by atoms with Gasteiger partial charge in [0.2, 0.25) is 0 Å². The average Bonchev–Trinajstić information content (AvgIpc) is 2.42. The molecule has 0 aromatic carbocycles. The molecule has 0 nitrogen and oxygen atoms in total. The molecule has 0 aliphatic rings. The SMILES string of the molecule is CCCCCCCCCC=C=CCCCCCC(C)(C)C. The van der Waals surface area contributed by atoms with Crippen molar-refractivity contribution in [3.63, 3.8) is 0 Å². The minimum absolute atomic E-state index is 0.506. The van der Waals surface area contributed by atoms with Crippen molar-refractivity contribution in [2.24, 2.45) is 5.41 Å². The average molecular weight is 293 g/mol. The van der Waals surface area contributed by atoms with Crippen molar-refractivity contribution in [2.75, 3.05) is 0 Å². The molecule has 0 unspecified atom stereocenters. The third-order valence-corrected chi connectivity index (χ3v) is 3.96. The van der Waals surface area contributed by atoms with Crippen LogP contribution in [0.5, 0.6) is 0 Å². The van der Waals surface area contributed by atoms with Crippen molar-refractivity contribution in [3.8, 4) is 0 Å². The molecule has 0 atom stereocenters. The lowest BCUT2D eigenvalue weighted by Crippen LogP contribution is -2.03. The van der Waals surface area contributed by atoms with Crippen LogP contribution < -0.4 is 0 Å². The van der Waals surface area contributed by atoms with E-state index in [0.29, 0.717) is 5.41 Å². The zero-order valence-corrected chi connectivity index (χ0v) is 15.3. The zero-order valence-electron chi connectivity index (χ0n) is 15.3. The Kier molecular flexibility index (Phi) is 14.1. The highest BCUT2D eigenvalue weighted by Gasteiger charge is 2.08. The van der Waals surface area contributed by atoms with Gasteiger partial charge in [-0.05, 0) is 49.7 Å². The van der Waals surface area contributed by atoms with E-state index >= 15 is 0 Å². The summed E-state index contributed by atoms with van der Waals surface area (Å²) >= 11 is 0. The molecule has 0 radical (unpaired) electrons. The highest BCUT2D eigenvalue weighted by atomic mass is 14.1. The monoisotopic (exact) mass is 292 g/mol. The topological polar surface area (TPSA) is 0 Å². The Morgan fingerprint density at radius 1 is 0.667 bits per heavy atom. The second kappa shape index (κ2) is 14.5. The van der Waals surface area contributed by atoms with E-state index in [1.54, 1.807) is 0 Å². The fourth-order valence-corrected chi connectivity index (χ4v) is 2.53. The summed E-state index contributed by atoms with van der Waals surface area (Å²) in [7, 11) is 0. The van der Waals surface area contributed by atoms with Crippen LogP contribution in [0.1, 0.15) is 111 Å². The van der Waals surface area contributed by atoms with Gasteiger partial charge in [-0.25, -0.2) is 0 Å². The first-order valence-corrected chi connectivity index (χ1v) is 9.45. The lowest BCUT2D eigenvalue weighted by molar-refractivity contribution is 0.358. The fourth-order valence-electron chi connectivity index (χ4n) is 2.53.